The molecule has 0 fully saturated rings. The van der Waals surface area contributed by atoms with Crippen LogP contribution in [-0.4, -0.2) is 37.2 Å². The molecule has 0 N–H and O–H groups in total. The molecule has 0 aromatic rings. The molecule has 0 aliphatic heterocycles. The first-order chi connectivity index (χ1) is 26.8. The second-order valence-corrected chi connectivity index (χ2v) is 17.5. The minimum Gasteiger partial charge on any atom is -0.462 e. The maximum atomic E-state index is 12.7. The summed E-state index contributed by atoms with van der Waals surface area (Å²) in [5.41, 5.74) is 0. The number of hydrogen-bond acceptors (Lipinski definition) is 6. The predicted molar refractivity (Wildman–Crippen MR) is 233 cm³/mol. The summed E-state index contributed by atoms with van der Waals surface area (Å²) in [4.78, 5) is 37.7. The number of hydrogen-bond donors (Lipinski definition) is 0. The average Bonchev–Trinajstić information content (AvgIpc) is 3.17. The zero-order chi connectivity index (χ0) is 40.5. The van der Waals surface area contributed by atoms with E-state index in [1.807, 2.05) is 0 Å². The Labute approximate surface area is 342 Å². The van der Waals surface area contributed by atoms with Gasteiger partial charge in [-0.1, -0.05) is 227 Å². The highest BCUT2D eigenvalue weighted by Gasteiger charge is 2.19. The van der Waals surface area contributed by atoms with Crippen molar-refractivity contribution in [1.29, 1.82) is 0 Å². The van der Waals surface area contributed by atoms with Crippen molar-refractivity contribution in [3.8, 4) is 0 Å². The molecule has 0 amide bonds. The van der Waals surface area contributed by atoms with Crippen LogP contribution < -0.4 is 0 Å². The molecular formula is C49H94O6. The highest BCUT2D eigenvalue weighted by atomic mass is 16.6. The van der Waals surface area contributed by atoms with Crippen LogP contribution in [0.1, 0.15) is 266 Å². The van der Waals surface area contributed by atoms with Gasteiger partial charge in [-0.05, 0) is 31.1 Å². The molecule has 0 heterocycles. The molecule has 0 saturated carbocycles. The molecule has 0 spiro atoms. The highest BCUT2D eigenvalue weighted by Crippen LogP contribution is 2.17. The Morgan fingerprint density at radius 1 is 0.382 bits per heavy atom. The summed E-state index contributed by atoms with van der Waals surface area (Å²) in [6.07, 6.45) is 40.8. The van der Waals surface area contributed by atoms with Gasteiger partial charge in [-0.2, -0.15) is 0 Å². The van der Waals surface area contributed by atoms with E-state index >= 15 is 0 Å². The number of rotatable bonds is 43. The fourth-order valence-corrected chi connectivity index (χ4v) is 7.25. The second kappa shape index (κ2) is 42.0. The number of carbonyl (C=O) groups excluding carboxylic acids is 3. The van der Waals surface area contributed by atoms with E-state index in [9.17, 15) is 14.4 Å². The van der Waals surface area contributed by atoms with Gasteiger partial charge in [0.15, 0.2) is 6.10 Å². The fourth-order valence-electron chi connectivity index (χ4n) is 7.25. The molecule has 6 heteroatoms. The van der Waals surface area contributed by atoms with Gasteiger partial charge in [0.05, 0.1) is 0 Å². The summed E-state index contributed by atoms with van der Waals surface area (Å²) in [6, 6.07) is 0. The number of unbranched alkanes of at least 4 members (excludes halogenated alkanes) is 27. The van der Waals surface area contributed by atoms with Crippen molar-refractivity contribution in [2.75, 3.05) is 13.2 Å². The van der Waals surface area contributed by atoms with Gasteiger partial charge in [0, 0.05) is 19.3 Å². The lowest BCUT2D eigenvalue weighted by molar-refractivity contribution is -0.167. The van der Waals surface area contributed by atoms with E-state index in [1.54, 1.807) is 0 Å². The normalized spacial score (nSPS) is 12.5. The molecule has 0 aromatic heterocycles. The number of ether oxygens (including phenoxy) is 3. The lowest BCUT2D eigenvalue weighted by atomic mass is 9.99. The second-order valence-electron chi connectivity index (χ2n) is 17.5. The van der Waals surface area contributed by atoms with Crippen LogP contribution in [0.25, 0.3) is 0 Å². The molecular weight excluding hydrogens is 685 g/mol. The van der Waals surface area contributed by atoms with Crippen LogP contribution in [0.15, 0.2) is 0 Å². The van der Waals surface area contributed by atoms with E-state index in [4.69, 9.17) is 14.2 Å². The van der Waals surface area contributed by atoms with Gasteiger partial charge >= 0.3 is 17.9 Å². The van der Waals surface area contributed by atoms with Crippen LogP contribution in [0.4, 0.5) is 0 Å². The fraction of sp³-hybridized carbons (Fsp3) is 0.939. The Hall–Kier alpha value is -1.59. The molecule has 0 aromatic carbocycles. The van der Waals surface area contributed by atoms with Crippen molar-refractivity contribution in [3.63, 3.8) is 0 Å². The zero-order valence-corrected chi connectivity index (χ0v) is 37.6. The highest BCUT2D eigenvalue weighted by molar-refractivity contribution is 5.71. The topological polar surface area (TPSA) is 78.9 Å². The smallest absolute Gasteiger partial charge is 0.306 e. The van der Waals surface area contributed by atoms with E-state index in [0.29, 0.717) is 19.3 Å². The summed E-state index contributed by atoms with van der Waals surface area (Å²) in [5, 5.41) is 0. The van der Waals surface area contributed by atoms with E-state index < -0.39 is 6.10 Å². The van der Waals surface area contributed by atoms with Gasteiger partial charge < -0.3 is 14.2 Å². The molecule has 6 nitrogen and oxygen atoms in total. The van der Waals surface area contributed by atoms with E-state index in [1.165, 1.54) is 154 Å². The number of carbonyl (C=O) groups is 3. The first kappa shape index (κ1) is 53.4. The molecule has 55 heavy (non-hydrogen) atoms. The minimum absolute atomic E-state index is 0.0646. The minimum atomic E-state index is -0.760. The molecule has 1 unspecified atom stereocenters. The Morgan fingerprint density at radius 2 is 0.691 bits per heavy atom. The van der Waals surface area contributed by atoms with Crippen LogP contribution in [0.5, 0.6) is 0 Å². The van der Waals surface area contributed by atoms with Crippen molar-refractivity contribution < 1.29 is 28.6 Å². The van der Waals surface area contributed by atoms with Crippen molar-refractivity contribution >= 4 is 17.9 Å². The Balaban J connectivity index is 4.27. The molecule has 0 bridgehead atoms. The Kier molecular flexibility index (Phi) is 40.8. The monoisotopic (exact) mass is 779 g/mol. The Morgan fingerprint density at radius 3 is 1.04 bits per heavy atom. The van der Waals surface area contributed by atoms with E-state index in [0.717, 1.165) is 69.6 Å². The molecule has 326 valence electrons. The molecule has 0 aliphatic rings. The predicted octanol–water partition coefficient (Wildman–Crippen LogP) is 15.4. The van der Waals surface area contributed by atoms with Crippen LogP contribution in [0.2, 0.25) is 0 Å². The first-order valence-corrected chi connectivity index (χ1v) is 24.3. The maximum Gasteiger partial charge on any atom is 0.306 e. The van der Waals surface area contributed by atoms with E-state index in [2.05, 4.69) is 34.6 Å². The van der Waals surface area contributed by atoms with Crippen LogP contribution >= 0.6 is 0 Å². The molecule has 0 radical (unpaired) electrons. The average molecular weight is 779 g/mol. The molecule has 0 aliphatic carbocycles. The lowest BCUT2D eigenvalue weighted by Crippen LogP contribution is -2.30. The summed E-state index contributed by atoms with van der Waals surface area (Å²) >= 11 is 0. The molecule has 2 atom stereocenters. The van der Waals surface area contributed by atoms with Crippen molar-refractivity contribution in [3.05, 3.63) is 0 Å². The largest absolute Gasteiger partial charge is 0.462 e. The van der Waals surface area contributed by atoms with Crippen molar-refractivity contribution in [2.24, 2.45) is 11.8 Å². The third-order valence-corrected chi connectivity index (χ3v) is 11.3. The van der Waals surface area contributed by atoms with Gasteiger partial charge in [-0.15, -0.1) is 0 Å². The van der Waals surface area contributed by atoms with E-state index in [-0.39, 0.29) is 31.1 Å². The van der Waals surface area contributed by atoms with Crippen LogP contribution in [0.3, 0.4) is 0 Å². The van der Waals surface area contributed by atoms with Crippen LogP contribution in [0, 0.1) is 11.8 Å². The van der Waals surface area contributed by atoms with Crippen molar-refractivity contribution in [2.45, 2.75) is 272 Å². The summed E-state index contributed by atoms with van der Waals surface area (Å²) in [7, 11) is 0. The zero-order valence-electron chi connectivity index (χ0n) is 37.6. The van der Waals surface area contributed by atoms with Gasteiger partial charge in [0.2, 0.25) is 0 Å². The molecule has 0 rings (SSSR count). The lowest BCUT2D eigenvalue weighted by Gasteiger charge is -2.18. The summed E-state index contributed by atoms with van der Waals surface area (Å²) in [5.74, 6) is 0.831. The first-order valence-electron chi connectivity index (χ1n) is 24.3. The maximum absolute atomic E-state index is 12.7. The van der Waals surface area contributed by atoms with Crippen molar-refractivity contribution in [1.82, 2.24) is 0 Å². The summed E-state index contributed by atoms with van der Waals surface area (Å²) in [6.45, 7) is 11.3. The van der Waals surface area contributed by atoms with Crippen LogP contribution in [-0.2, 0) is 28.6 Å². The third-order valence-electron chi connectivity index (χ3n) is 11.3. The Bertz CT molecular complexity index is 841. The van der Waals surface area contributed by atoms with Gasteiger partial charge in [-0.3, -0.25) is 14.4 Å². The third kappa shape index (κ3) is 41.9. The SMILES string of the molecule is CCCCCCCCCCCC(=O)O[C@@H](COC(=O)CCCCCCCCCCCCCCCC(C)C)COC(=O)CCCCCCCCCCC(C)CC. The van der Waals surface area contributed by atoms with Gasteiger partial charge in [-0.25, -0.2) is 0 Å². The quantitative estimate of drug-likeness (QED) is 0.0348. The standard InChI is InChI=1S/C49H94O6/c1-6-8-9-10-11-17-26-31-36-41-49(52)55-46(43-54-48(51)40-35-30-25-21-20-23-28-33-38-45(5)7-2)42-53-47(50)39-34-29-24-19-16-14-12-13-15-18-22-27-32-37-44(3)4/h44-46H,6-43H2,1-5H3/t45?,46-/m0/s1. The van der Waals surface area contributed by atoms with Gasteiger partial charge in [0.1, 0.15) is 13.2 Å². The molecule has 0 saturated heterocycles. The van der Waals surface area contributed by atoms with Gasteiger partial charge in [0.25, 0.3) is 0 Å². The summed E-state index contributed by atoms with van der Waals surface area (Å²) < 4.78 is 16.7. The number of esters is 3.